The standard InChI is InChI=1S/C26H30N4O5/c1-18-13-19-14-20(3-4-22(19)29-18)35-26-21-15-24(31-2)25(16-23(21)27-17-28-26)34-12-11-33-10-7-30-5-8-32-9-6-30/h3-4,13-17,29H,5-12H2,1-2H3. The second-order valence-electron chi connectivity index (χ2n) is 8.42. The van der Waals surface area contributed by atoms with Gasteiger partial charge >= 0.3 is 0 Å². The van der Waals surface area contributed by atoms with Gasteiger partial charge in [-0.05, 0) is 37.3 Å². The van der Waals surface area contributed by atoms with Crippen LogP contribution < -0.4 is 14.2 Å². The molecule has 0 bridgehead atoms. The lowest BCUT2D eigenvalue weighted by atomic mass is 10.2. The van der Waals surface area contributed by atoms with Crippen LogP contribution >= 0.6 is 0 Å². The number of methoxy groups -OCH3 is 1. The van der Waals surface area contributed by atoms with Gasteiger partial charge in [0.2, 0.25) is 5.88 Å². The van der Waals surface area contributed by atoms with Crippen LogP contribution in [0.4, 0.5) is 0 Å². The minimum atomic E-state index is 0.412. The van der Waals surface area contributed by atoms with E-state index in [9.17, 15) is 0 Å². The SMILES string of the molecule is COc1cc2c(Oc3ccc4[nH]c(C)cc4c3)ncnc2cc1OCCOCCN1CCOCC1. The molecule has 0 aliphatic carbocycles. The van der Waals surface area contributed by atoms with Crippen molar-refractivity contribution in [2.24, 2.45) is 0 Å². The highest BCUT2D eigenvalue weighted by Crippen LogP contribution is 2.36. The van der Waals surface area contributed by atoms with Gasteiger partial charge in [-0.3, -0.25) is 4.90 Å². The normalized spacial score (nSPS) is 14.5. The molecule has 1 aliphatic rings. The molecule has 1 fully saturated rings. The first-order valence-corrected chi connectivity index (χ1v) is 11.8. The highest BCUT2D eigenvalue weighted by molar-refractivity contribution is 5.87. The van der Waals surface area contributed by atoms with Gasteiger partial charge in [0.1, 0.15) is 18.7 Å². The summed E-state index contributed by atoms with van der Waals surface area (Å²) >= 11 is 0. The second-order valence-corrected chi connectivity index (χ2v) is 8.42. The predicted molar refractivity (Wildman–Crippen MR) is 133 cm³/mol. The summed E-state index contributed by atoms with van der Waals surface area (Å²) in [6.45, 7) is 8.01. The van der Waals surface area contributed by atoms with Gasteiger partial charge in [0, 0.05) is 42.3 Å². The summed E-state index contributed by atoms with van der Waals surface area (Å²) in [4.78, 5) is 14.4. The molecule has 4 aromatic rings. The van der Waals surface area contributed by atoms with Gasteiger partial charge in [0.25, 0.3) is 0 Å². The highest BCUT2D eigenvalue weighted by Gasteiger charge is 2.14. The smallest absolute Gasteiger partial charge is 0.230 e. The molecule has 35 heavy (non-hydrogen) atoms. The Kier molecular flexibility index (Phi) is 7.27. The zero-order valence-corrected chi connectivity index (χ0v) is 20.1. The number of nitrogens with one attached hydrogen (secondary N) is 1. The molecule has 3 heterocycles. The topological polar surface area (TPSA) is 91.0 Å². The third kappa shape index (κ3) is 5.64. The average Bonchev–Trinajstić information content (AvgIpc) is 3.25. The van der Waals surface area contributed by atoms with Gasteiger partial charge in [0.05, 0.1) is 44.4 Å². The van der Waals surface area contributed by atoms with Gasteiger partial charge in [-0.25, -0.2) is 9.97 Å². The molecule has 184 valence electrons. The van der Waals surface area contributed by atoms with Crippen LogP contribution in [0.1, 0.15) is 5.69 Å². The van der Waals surface area contributed by atoms with Crippen LogP contribution in [0.5, 0.6) is 23.1 Å². The third-order valence-electron chi connectivity index (χ3n) is 5.97. The van der Waals surface area contributed by atoms with E-state index in [1.165, 1.54) is 6.33 Å². The number of aryl methyl sites for hydroxylation is 1. The molecule has 0 atom stereocenters. The van der Waals surface area contributed by atoms with Crippen molar-refractivity contribution in [3.8, 4) is 23.1 Å². The van der Waals surface area contributed by atoms with Crippen molar-refractivity contribution in [3.63, 3.8) is 0 Å². The molecule has 2 aromatic heterocycles. The van der Waals surface area contributed by atoms with Crippen LogP contribution in [-0.4, -0.2) is 79.6 Å². The fourth-order valence-corrected chi connectivity index (χ4v) is 4.16. The lowest BCUT2D eigenvalue weighted by Crippen LogP contribution is -2.38. The summed E-state index contributed by atoms with van der Waals surface area (Å²) in [5.41, 5.74) is 2.87. The zero-order valence-electron chi connectivity index (χ0n) is 20.1. The fraction of sp³-hybridized carbons (Fsp3) is 0.385. The minimum Gasteiger partial charge on any atom is -0.493 e. The van der Waals surface area contributed by atoms with Crippen LogP contribution in [0.15, 0.2) is 42.7 Å². The van der Waals surface area contributed by atoms with Crippen molar-refractivity contribution in [1.29, 1.82) is 0 Å². The van der Waals surface area contributed by atoms with Gasteiger partial charge in [0.15, 0.2) is 11.5 Å². The Hall–Kier alpha value is -3.40. The molecular formula is C26H30N4O5. The van der Waals surface area contributed by atoms with Crippen LogP contribution in [0.25, 0.3) is 21.8 Å². The number of fused-ring (bicyclic) bond motifs is 2. The number of hydrogen-bond donors (Lipinski definition) is 1. The molecule has 0 spiro atoms. The molecule has 0 radical (unpaired) electrons. The maximum absolute atomic E-state index is 6.13. The van der Waals surface area contributed by atoms with E-state index in [0.717, 1.165) is 54.8 Å². The fourth-order valence-electron chi connectivity index (χ4n) is 4.16. The summed E-state index contributed by atoms with van der Waals surface area (Å²) in [5, 5.41) is 1.82. The van der Waals surface area contributed by atoms with E-state index in [-0.39, 0.29) is 0 Å². The summed E-state index contributed by atoms with van der Waals surface area (Å²) in [5.74, 6) is 2.34. The number of nitrogens with zero attached hydrogens (tertiary/aromatic N) is 3. The number of morpholine rings is 1. The van der Waals surface area contributed by atoms with Crippen molar-refractivity contribution in [1.82, 2.24) is 19.9 Å². The number of aromatic nitrogens is 3. The van der Waals surface area contributed by atoms with Crippen LogP contribution in [0, 0.1) is 6.92 Å². The Balaban J connectivity index is 1.23. The maximum Gasteiger partial charge on any atom is 0.230 e. The number of H-pyrrole nitrogens is 1. The van der Waals surface area contributed by atoms with E-state index in [2.05, 4.69) is 25.9 Å². The number of benzene rings is 2. The molecule has 0 saturated carbocycles. The molecule has 9 nitrogen and oxygen atoms in total. The second kappa shape index (κ2) is 10.9. The van der Waals surface area contributed by atoms with Gasteiger partial charge in [-0.15, -0.1) is 0 Å². The molecule has 5 rings (SSSR count). The molecular weight excluding hydrogens is 448 g/mol. The number of ether oxygens (including phenoxy) is 5. The number of rotatable bonds is 10. The highest BCUT2D eigenvalue weighted by atomic mass is 16.5. The van der Waals surface area contributed by atoms with Gasteiger partial charge in [-0.2, -0.15) is 0 Å². The van der Waals surface area contributed by atoms with Crippen LogP contribution in [0.3, 0.4) is 0 Å². The van der Waals surface area contributed by atoms with Crippen molar-refractivity contribution < 1.29 is 23.7 Å². The Bertz CT molecular complexity index is 1290. The molecule has 1 saturated heterocycles. The van der Waals surface area contributed by atoms with Crippen molar-refractivity contribution >= 4 is 21.8 Å². The minimum absolute atomic E-state index is 0.412. The maximum atomic E-state index is 6.13. The van der Waals surface area contributed by atoms with E-state index in [1.54, 1.807) is 7.11 Å². The predicted octanol–water partition coefficient (Wildman–Crippen LogP) is 3.95. The van der Waals surface area contributed by atoms with Crippen LogP contribution in [-0.2, 0) is 9.47 Å². The number of hydrogen-bond acceptors (Lipinski definition) is 8. The van der Waals surface area contributed by atoms with Crippen LogP contribution in [0.2, 0.25) is 0 Å². The molecule has 0 unspecified atom stereocenters. The van der Waals surface area contributed by atoms with E-state index in [1.807, 2.05) is 37.3 Å². The monoisotopic (exact) mass is 478 g/mol. The molecule has 1 aliphatic heterocycles. The van der Waals surface area contributed by atoms with E-state index in [0.29, 0.717) is 48.5 Å². The van der Waals surface area contributed by atoms with Crippen molar-refractivity contribution in [2.45, 2.75) is 6.92 Å². The van der Waals surface area contributed by atoms with Gasteiger partial charge in [-0.1, -0.05) is 0 Å². The average molecular weight is 479 g/mol. The van der Waals surface area contributed by atoms with Crippen molar-refractivity contribution in [3.05, 3.63) is 48.4 Å². The summed E-state index contributed by atoms with van der Waals surface area (Å²) in [6.07, 6.45) is 1.49. The quantitative estimate of drug-likeness (QED) is 0.343. The lowest BCUT2D eigenvalue weighted by Gasteiger charge is -2.26. The Morgan fingerprint density at radius 1 is 1.00 bits per heavy atom. The third-order valence-corrected chi connectivity index (χ3v) is 5.97. The number of aromatic amines is 1. The van der Waals surface area contributed by atoms with E-state index in [4.69, 9.17) is 23.7 Å². The Labute approximate surface area is 203 Å². The zero-order chi connectivity index (χ0) is 24.0. The Morgan fingerprint density at radius 3 is 2.74 bits per heavy atom. The molecule has 1 N–H and O–H groups in total. The molecule has 0 amide bonds. The molecule has 9 heteroatoms. The largest absolute Gasteiger partial charge is 0.493 e. The van der Waals surface area contributed by atoms with E-state index < -0.39 is 0 Å². The Morgan fingerprint density at radius 2 is 1.89 bits per heavy atom. The van der Waals surface area contributed by atoms with E-state index >= 15 is 0 Å². The van der Waals surface area contributed by atoms with Crippen molar-refractivity contribution in [2.75, 3.05) is 59.8 Å². The summed E-state index contributed by atoms with van der Waals surface area (Å²) in [6, 6.07) is 11.7. The van der Waals surface area contributed by atoms with Gasteiger partial charge < -0.3 is 28.7 Å². The molecule has 2 aromatic carbocycles. The first-order chi connectivity index (χ1) is 17.2. The summed E-state index contributed by atoms with van der Waals surface area (Å²) < 4.78 is 28.8. The first-order valence-electron chi connectivity index (χ1n) is 11.8. The first kappa shape index (κ1) is 23.3. The summed E-state index contributed by atoms with van der Waals surface area (Å²) in [7, 11) is 1.61. The lowest BCUT2D eigenvalue weighted by molar-refractivity contribution is 0.0169.